The summed E-state index contributed by atoms with van der Waals surface area (Å²) >= 11 is 0. The quantitative estimate of drug-likeness (QED) is 0.672. The van der Waals surface area contributed by atoms with Crippen LogP contribution < -0.4 is 0 Å². The first-order valence-corrected chi connectivity index (χ1v) is 8.27. The summed E-state index contributed by atoms with van der Waals surface area (Å²) in [5.74, 6) is 0. The molecule has 2 aliphatic carbocycles. The van der Waals surface area contributed by atoms with Crippen molar-refractivity contribution in [1.82, 2.24) is 9.80 Å². The zero-order chi connectivity index (χ0) is 14.2. The standard InChI is InChI=1S/C16H28N2O2/c19-13-17(15-7-3-1-4-8-15)11-12-18(14-20)16-9-5-2-6-10-16/h13-16H,1-12H2. The average molecular weight is 280 g/mol. The first kappa shape index (κ1) is 15.3. The molecule has 20 heavy (non-hydrogen) atoms. The summed E-state index contributed by atoms with van der Waals surface area (Å²) in [6.45, 7) is 1.40. The first-order valence-electron chi connectivity index (χ1n) is 8.27. The second-order valence-electron chi connectivity index (χ2n) is 6.27. The predicted octanol–water partition coefficient (Wildman–Crippen LogP) is 2.57. The van der Waals surface area contributed by atoms with E-state index in [1.165, 1.54) is 38.5 Å². The number of hydrogen-bond acceptors (Lipinski definition) is 2. The zero-order valence-electron chi connectivity index (χ0n) is 12.5. The topological polar surface area (TPSA) is 40.6 Å². The molecule has 4 heteroatoms. The second kappa shape index (κ2) is 8.28. The van der Waals surface area contributed by atoms with Gasteiger partial charge in [-0.2, -0.15) is 0 Å². The summed E-state index contributed by atoms with van der Waals surface area (Å²) in [4.78, 5) is 26.5. The maximum Gasteiger partial charge on any atom is 0.210 e. The van der Waals surface area contributed by atoms with Crippen molar-refractivity contribution in [3.8, 4) is 0 Å². The van der Waals surface area contributed by atoms with Crippen LogP contribution in [-0.2, 0) is 9.59 Å². The molecule has 4 nitrogen and oxygen atoms in total. The van der Waals surface area contributed by atoms with E-state index in [-0.39, 0.29) is 0 Å². The van der Waals surface area contributed by atoms with Gasteiger partial charge < -0.3 is 9.80 Å². The molecule has 2 aliphatic rings. The fraction of sp³-hybridized carbons (Fsp3) is 0.875. The van der Waals surface area contributed by atoms with Crippen molar-refractivity contribution in [3.63, 3.8) is 0 Å². The lowest BCUT2D eigenvalue weighted by Crippen LogP contribution is -2.44. The minimum Gasteiger partial charge on any atom is -0.341 e. The molecular weight excluding hydrogens is 252 g/mol. The van der Waals surface area contributed by atoms with Crippen LogP contribution in [0.1, 0.15) is 64.2 Å². The monoisotopic (exact) mass is 280 g/mol. The van der Waals surface area contributed by atoms with Gasteiger partial charge in [-0.15, -0.1) is 0 Å². The van der Waals surface area contributed by atoms with Crippen LogP contribution >= 0.6 is 0 Å². The molecule has 114 valence electrons. The van der Waals surface area contributed by atoms with Crippen LogP contribution in [-0.4, -0.2) is 47.8 Å². The highest BCUT2D eigenvalue weighted by Gasteiger charge is 2.23. The smallest absolute Gasteiger partial charge is 0.210 e. The Morgan fingerprint density at radius 1 is 0.650 bits per heavy atom. The van der Waals surface area contributed by atoms with Gasteiger partial charge in [-0.1, -0.05) is 38.5 Å². The van der Waals surface area contributed by atoms with E-state index in [4.69, 9.17) is 0 Å². The number of hydrogen-bond donors (Lipinski definition) is 0. The van der Waals surface area contributed by atoms with Crippen molar-refractivity contribution in [3.05, 3.63) is 0 Å². The largest absolute Gasteiger partial charge is 0.341 e. The van der Waals surface area contributed by atoms with Gasteiger partial charge >= 0.3 is 0 Å². The third-order valence-corrected chi connectivity index (χ3v) is 4.97. The minimum absolute atomic E-state index is 0.404. The van der Waals surface area contributed by atoms with Crippen LogP contribution in [0.4, 0.5) is 0 Å². The Morgan fingerprint density at radius 2 is 1.00 bits per heavy atom. The van der Waals surface area contributed by atoms with Gasteiger partial charge in [0.1, 0.15) is 0 Å². The van der Waals surface area contributed by atoms with Crippen LogP contribution in [0.15, 0.2) is 0 Å². The molecule has 0 unspecified atom stereocenters. The van der Waals surface area contributed by atoms with Crippen LogP contribution in [0.3, 0.4) is 0 Å². The van der Waals surface area contributed by atoms with Crippen molar-refractivity contribution < 1.29 is 9.59 Å². The van der Waals surface area contributed by atoms with Crippen molar-refractivity contribution in [2.24, 2.45) is 0 Å². The van der Waals surface area contributed by atoms with Crippen LogP contribution in [0.25, 0.3) is 0 Å². The lowest BCUT2D eigenvalue weighted by atomic mass is 9.94. The van der Waals surface area contributed by atoms with E-state index >= 15 is 0 Å². The molecule has 0 atom stereocenters. The van der Waals surface area contributed by atoms with E-state index in [2.05, 4.69) is 0 Å². The number of carbonyl (C=O) groups is 2. The Kier molecular flexibility index (Phi) is 6.34. The Bertz CT molecular complexity index is 267. The summed E-state index contributed by atoms with van der Waals surface area (Å²) in [5.41, 5.74) is 0. The summed E-state index contributed by atoms with van der Waals surface area (Å²) < 4.78 is 0. The summed E-state index contributed by atoms with van der Waals surface area (Å²) in [6, 6.07) is 0.808. The van der Waals surface area contributed by atoms with E-state index in [9.17, 15) is 9.59 Å². The minimum atomic E-state index is 0.404. The molecule has 0 saturated heterocycles. The highest BCUT2D eigenvalue weighted by Crippen LogP contribution is 2.23. The highest BCUT2D eigenvalue weighted by molar-refractivity contribution is 5.49. The molecule has 0 aliphatic heterocycles. The maximum absolute atomic E-state index is 11.3. The van der Waals surface area contributed by atoms with Gasteiger partial charge in [-0.05, 0) is 25.7 Å². The van der Waals surface area contributed by atoms with Gasteiger partial charge in [0.15, 0.2) is 0 Å². The molecule has 0 heterocycles. The fourth-order valence-electron chi connectivity index (χ4n) is 3.70. The highest BCUT2D eigenvalue weighted by atomic mass is 16.1. The summed E-state index contributed by atoms with van der Waals surface area (Å²) in [7, 11) is 0. The van der Waals surface area contributed by atoms with Gasteiger partial charge in [0, 0.05) is 25.2 Å². The second-order valence-corrected chi connectivity index (χ2v) is 6.27. The number of rotatable bonds is 7. The van der Waals surface area contributed by atoms with Crippen LogP contribution in [0, 0.1) is 0 Å². The molecule has 2 fully saturated rings. The SMILES string of the molecule is O=CN(CCN(C=O)C1CCCCC1)C1CCCCC1. The van der Waals surface area contributed by atoms with Gasteiger partial charge in [-0.3, -0.25) is 9.59 Å². The fourth-order valence-corrected chi connectivity index (χ4v) is 3.70. The average Bonchev–Trinajstić information content (AvgIpc) is 2.53. The Morgan fingerprint density at radius 3 is 1.30 bits per heavy atom. The van der Waals surface area contributed by atoms with Crippen molar-refractivity contribution >= 4 is 12.8 Å². The first-order chi connectivity index (χ1) is 9.85. The van der Waals surface area contributed by atoms with E-state index in [0.29, 0.717) is 25.2 Å². The van der Waals surface area contributed by atoms with Crippen molar-refractivity contribution in [1.29, 1.82) is 0 Å². The molecule has 0 aromatic heterocycles. The lowest BCUT2D eigenvalue weighted by molar-refractivity contribution is -0.125. The number of nitrogens with zero attached hydrogens (tertiary/aromatic N) is 2. The predicted molar refractivity (Wildman–Crippen MR) is 79.3 cm³/mol. The van der Waals surface area contributed by atoms with Gasteiger partial charge in [0.25, 0.3) is 0 Å². The third-order valence-electron chi connectivity index (χ3n) is 4.97. The molecule has 0 aromatic rings. The van der Waals surface area contributed by atoms with Crippen LogP contribution in [0.2, 0.25) is 0 Å². The van der Waals surface area contributed by atoms with E-state index in [0.717, 1.165) is 38.5 Å². The molecule has 2 saturated carbocycles. The maximum atomic E-state index is 11.3. The Labute approximate surface area is 122 Å². The molecule has 0 N–H and O–H groups in total. The number of carbonyl (C=O) groups excluding carboxylic acids is 2. The molecule has 2 rings (SSSR count). The van der Waals surface area contributed by atoms with Crippen LogP contribution in [0.5, 0.6) is 0 Å². The molecular formula is C16H28N2O2. The molecule has 0 spiro atoms. The third kappa shape index (κ3) is 4.22. The van der Waals surface area contributed by atoms with Gasteiger partial charge in [0.05, 0.1) is 0 Å². The molecule has 0 bridgehead atoms. The molecule has 0 aromatic carbocycles. The normalized spacial score (nSPS) is 21.4. The zero-order valence-corrected chi connectivity index (χ0v) is 12.5. The van der Waals surface area contributed by atoms with Crippen molar-refractivity contribution in [2.45, 2.75) is 76.3 Å². The van der Waals surface area contributed by atoms with E-state index < -0.39 is 0 Å². The van der Waals surface area contributed by atoms with E-state index in [1.807, 2.05) is 9.80 Å². The Balaban J connectivity index is 1.80. The lowest BCUT2D eigenvalue weighted by Gasteiger charge is -2.35. The molecule has 0 radical (unpaired) electrons. The van der Waals surface area contributed by atoms with Crippen molar-refractivity contribution in [2.75, 3.05) is 13.1 Å². The Hall–Kier alpha value is -1.06. The molecule has 2 amide bonds. The van der Waals surface area contributed by atoms with Gasteiger partial charge in [0.2, 0.25) is 12.8 Å². The summed E-state index contributed by atoms with van der Waals surface area (Å²) in [6.07, 6.45) is 14.0. The summed E-state index contributed by atoms with van der Waals surface area (Å²) in [5, 5.41) is 0. The van der Waals surface area contributed by atoms with Gasteiger partial charge in [-0.25, -0.2) is 0 Å². The number of amides is 2. The van der Waals surface area contributed by atoms with E-state index in [1.54, 1.807) is 0 Å².